The van der Waals surface area contributed by atoms with Crippen molar-refractivity contribution in [2.45, 2.75) is 58.2 Å². The zero-order chi connectivity index (χ0) is 17.2. The van der Waals surface area contributed by atoms with E-state index in [1.807, 2.05) is 0 Å². The third-order valence-electron chi connectivity index (χ3n) is 4.30. The molecule has 0 bridgehead atoms. The summed E-state index contributed by atoms with van der Waals surface area (Å²) in [6.45, 7) is 4.69. The molecule has 0 unspecified atom stereocenters. The van der Waals surface area contributed by atoms with Crippen molar-refractivity contribution in [3.63, 3.8) is 0 Å². The highest BCUT2D eigenvalue weighted by molar-refractivity contribution is 9.10. The first-order valence-corrected chi connectivity index (χ1v) is 8.79. The van der Waals surface area contributed by atoms with Crippen LogP contribution in [0.4, 0.5) is 13.2 Å². The Morgan fingerprint density at radius 1 is 1.22 bits per heavy atom. The summed E-state index contributed by atoms with van der Waals surface area (Å²) in [5, 5.41) is 0. The highest BCUT2D eigenvalue weighted by Crippen LogP contribution is 2.36. The molecule has 0 spiro atoms. The van der Waals surface area contributed by atoms with Crippen LogP contribution in [0, 0.1) is 0 Å². The lowest BCUT2D eigenvalue weighted by Crippen LogP contribution is -2.45. The summed E-state index contributed by atoms with van der Waals surface area (Å²) in [5.41, 5.74) is 0.0991. The average molecular weight is 392 g/mol. The number of carbonyl (C=O) groups excluding carboxylic acids is 1. The molecule has 128 valence electrons. The van der Waals surface area contributed by atoms with Gasteiger partial charge in [-0.3, -0.25) is 4.79 Å². The number of fused-ring (bicyclic) bond motifs is 1. The van der Waals surface area contributed by atoms with E-state index in [1.54, 1.807) is 4.90 Å². The van der Waals surface area contributed by atoms with Gasteiger partial charge in [0.05, 0.1) is 5.56 Å². The SMILES string of the molecule is CCCC(CCC)N1CCc2c(Br)cc(C(F)(F)F)cc2C1=O. The zero-order valence-corrected chi connectivity index (χ0v) is 14.9. The van der Waals surface area contributed by atoms with Crippen molar-refractivity contribution >= 4 is 21.8 Å². The number of hydrogen-bond acceptors (Lipinski definition) is 1. The van der Waals surface area contributed by atoms with Crippen molar-refractivity contribution < 1.29 is 18.0 Å². The lowest BCUT2D eigenvalue weighted by Gasteiger charge is -2.36. The van der Waals surface area contributed by atoms with Gasteiger partial charge in [0.25, 0.3) is 5.91 Å². The van der Waals surface area contributed by atoms with E-state index in [1.165, 1.54) is 0 Å². The number of alkyl halides is 3. The summed E-state index contributed by atoms with van der Waals surface area (Å²) in [7, 11) is 0. The molecule has 23 heavy (non-hydrogen) atoms. The molecule has 2 rings (SSSR count). The smallest absolute Gasteiger partial charge is 0.335 e. The molecule has 0 saturated heterocycles. The van der Waals surface area contributed by atoms with Crippen LogP contribution < -0.4 is 0 Å². The van der Waals surface area contributed by atoms with Gasteiger partial charge in [-0.05, 0) is 37.0 Å². The Kier molecular flexibility index (Phi) is 5.76. The number of hydrogen-bond donors (Lipinski definition) is 0. The maximum atomic E-state index is 13.0. The fourth-order valence-electron chi connectivity index (χ4n) is 3.20. The first-order valence-electron chi connectivity index (χ1n) is 8.00. The molecule has 0 saturated carbocycles. The molecular formula is C17H21BrF3NO. The molecule has 1 aromatic rings. The van der Waals surface area contributed by atoms with Gasteiger partial charge in [0.15, 0.2) is 0 Å². The number of halogens is 4. The molecular weight excluding hydrogens is 371 g/mol. The average Bonchev–Trinajstić information content (AvgIpc) is 2.47. The van der Waals surface area contributed by atoms with E-state index in [0.29, 0.717) is 23.0 Å². The molecule has 0 N–H and O–H groups in total. The summed E-state index contributed by atoms with van der Waals surface area (Å²) in [5.74, 6) is -0.273. The number of rotatable bonds is 5. The lowest BCUT2D eigenvalue weighted by molar-refractivity contribution is -0.137. The van der Waals surface area contributed by atoms with Gasteiger partial charge in [0, 0.05) is 22.6 Å². The second-order valence-corrected chi connectivity index (χ2v) is 6.82. The fourth-order valence-corrected chi connectivity index (χ4v) is 3.86. The van der Waals surface area contributed by atoms with Crippen LogP contribution in [0.3, 0.4) is 0 Å². The third kappa shape index (κ3) is 3.90. The van der Waals surface area contributed by atoms with Crippen molar-refractivity contribution in [2.24, 2.45) is 0 Å². The van der Waals surface area contributed by atoms with Crippen LogP contribution in [0.2, 0.25) is 0 Å². The number of amides is 1. The number of benzene rings is 1. The van der Waals surface area contributed by atoms with Gasteiger partial charge < -0.3 is 4.90 Å². The minimum atomic E-state index is -4.45. The van der Waals surface area contributed by atoms with Gasteiger partial charge in [-0.25, -0.2) is 0 Å². The summed E-state index contributed by atoms with van der Waals surface area (Å²) >= 11 is 3.20. The topological polar surface area (TPSA) is 20.3 Å². The maximum absolute atomic E-state index is 13.0. The van der Waals surface area contributed by atoms with Crippen molar-refractivity contribution in [3.05, 3.63) is 33.3 Å². The molecule has 1 aliphatic heterocycles. The zero-order valence-electron chi connectivity index (χ0n) is 13.3. The van der Waals surface area contributed by atoms with E-state index in [-0.39, 0.29) is 17.5 Å². The van der Waals surface area contributed by atoms with Crippen LogP contribution in [0.1, 0.15) is 61.0 Å². The molecule has 2 nitrogen and oxygen atoms in total. The molecule has 0 fully saturated rings. The quantitative estimate of drug-likeness (QED) is 0.654. The minimum absolute atomic E-state index is 0.110. The standard InChI is InChI=1S/C17H21BrF3NO/c1-3-5-12(6-4-2)22-8-7-13-14(16(22)23)9-11(10-15(13)18)17(19,20)21/h9-10,12H,3-8H2,1-2H3. The maximum Gasteiger partial charge on any atom is 0.416 e. The second kappa shape index (κ2) is 7.24. The van der Waals surface area contributed by atoms with Gasteiger partial charge in [0.1, 0.15) is 0 Å². The Morgan fingerprint density at radius 3 is 2.35 bits per heavy atom. The Labute approximate surface area is 143 Å². The molecule has 0 radical (unpaired) electrons. The van der Waals surface area contributed by atoms with Crippen LogP contribution in [0.25, 0.3) is 0 Å². The first kappa shape index (κ1) is 18.3. The molecule has 1 aliphatic rings. The van der Waals surface area contributed by atoms with Gasteiger partial charge >= 0.3 is 6.18 Å². The lowest BCUT2D eigenvalue weighted by atomic mass is 9.93. The van der Waals surface area contributed by atoms with E-state index in [0.717, 1.165) is 37.8 Å². The molecule has 1 amide bonds. The Bertz CT molecular complexity index is 580. The van der Waals surface area contributed by atoms with Gasteiger partial charge in [-0.2, -0.15) is 13.2 Å². The van der Waals surface area contributed by atoms with E-state index in [9.17, 15) is 18.0 Å². The first-order chi connectivity index (χ1) is 10.8. The summed E-state index contributed by atoms with van der Waals surface area (Å²) in [6.07, 6.45) is -0.193. The molecule has 0 aliphatic carbocycles. The van der Waals surface area contributed by atoms with Crippen LogP contribution in [0.5, 0.6) is 0 Å². The minimum Gasteiger partial charge on any atom is -0.335 e. The molecule has 0 atom stereocenters. The fraction of sp³-hybridized carbons (Fsp3) is 0.588. The summed E-state index contributed by atoms with van der Waals surface area (Å²) in [6, 6.07) is 2.18. The van der Waals surface area contributed by atoms with Crippen molar-refractivity contribution in [1.29, 1.82) is 0 Å². The summed E-state index contributed by atoms with van der Waals surface area (Å²) in [4.78, 5) is 14.5. The Morgan fingerprint density at radius 2 is 1.83 bits per heavy atom. The van der Waals surface area contributed by atoms with Crippen molar-refractivity contribution in [2.75, 3.05) is 6.54 Å². The Balaban J connectivity index is 2.39. The molecule has 1 heterocycles. The molecule has 0 aromatic heterocycles. The Hall–Kier alpha value is -1.04. The predicted molar refractivity (Wildman–Crippen MR) is 87.5 cm³/mol. The largest absolute Gasteiger partial charge is 0.416 e. The van der Waals surface area contributed by atoms with Crippen LogP contribution in [-0.4, -0.2) is 23.4 Å². The third-order valence-corrected chi connectivity index (χ3v) is 5.01. The van der Waals surface area contributed by atoms with E-state index < -0.39 is 11.7 Å². The van der Waals surface area contributed by atoms with Crippen molar-refractivity contribution in [1.82, 2.24) is 4.90 Å². The predicted octanol–water partition coefficient (Wildman–Crippen LogP) is 5.44. The van der Waals surface area contributed by atoms with Gasteiger partial charge in [-0.15, -0.1) is 0 Å². The van der Waals surface area contributed by atoms with E-state index in [4.69, 9.17) is 0 Å². The van der Waals surface area contributed by atoms with Crippen LogP contribution in [0.15, 0.2) is 16.6 Å². The highest BCUT2D eigenvalue weighted by atomic mass is 79.9. The van der Waals surface area contributed by atoms with E-state index >= 15 is 0 Å². The summed E-state index contributed by atoms with van der Waals surface area (Å²) < 4.78 is 39.4. The number of nitrogens with zero attached hydrogens (tertiary/aromatic N) is 1. The van der Waals surface area contributed by atoms with Gasteiger partial charge in [0.2, 0.25) is 0 Å². The van der Waals surface area contributed by atoms with Crippen molar-refractivity contribution in [3.8, 4) is 0 Å². The highest BCUT2D eigenvalue weighted by Gasteiger charge is 2.36. The molecule has 1 aromatic carbocycles. The van der Waals surface area contributed by atoms with Crippen LogP contribution >= 0.6 is 15.9 Å². The normalized spacial score (nSPS) is 15.3. The monoisotopic (exact) mass is 391 g/mol. The second-order valence-electron chi connectivity index (χ2n) is 5.96. The van der Waals surface area contributed by atoms with Gasteiger partial charge in [-0.1, -0.05) is 42.6 Å². The number of carbonyl (C=O) groups is 1. The van der Waals surface area contributed by atoms with Crippen LogP contribution in [-0.2, 0) is 12.6 Å². The molecule has 6 heteroatoms. The van der Waals surface area contributed by atoms with E-state index in [2.05, 4.69) is 29.8 Å².